The Morgan fingerprint density at radius 3 is 2.65 bits per heavy atom. The fraction of sp³-hybridized carbons (Fsp3) is 0.727. The summed E-state index contributed by atoms with van der Waals surface area (Å²) in [6.45, 7) is 8.83. The van der Waals surface area contributed by atoms with Crippen molar-refractivity contribution < 1.29 is 14.2 Å². The zero-order chi connectivity index (χ0) is 12.8. The van der Waals surface area contributed by atoms with Crippen molar-refractivity contribution >= 4 is 5.97 Å². The second-order valence-electron chi connectivity index (χ2n) is 4.10. The Morgan fingerprint density at radius 1 is 1.47 bits per heavy atom. The molecular formula is C11H19N3O3. The maximum Gasteiger partial charge on any atom is 0.320 e. The van der Waals surface area contributed by atoms with Crippen LogP contribution in [0.1, 0.15) is 32.2 Å². The lowest BCUT2D eigenvalue weighted by Gasteiger charge is -2.24. The molecule has 1 aromatic rings. The van der Waals surface area contributed by atoms with Crippen molar-refractivity contribution in [3.63, 3.8) is 0 Å². The van der Waals surface area contributed by atoms with Gasteiger partial charge in [-0.25, -0.2) is 4.63 Å². The molecule has 17 heavy (non-hydrogen) atoms. The second-order valence-corrected chi connectivity index (χ2v) is 4.10. The number of hydrogen-bond acceptors (Lipinski definition) is 6. The summed E-state index contributed by atoms with van der Waals surface area (Å²) in [7, 11) is 0. The smallest absolute Gasteiger partial charge is 0.320 e. The number of ether oxygens (including phenoxy) is 1. The second kappa shape index (κ2) is 6.34. The molecule has 0 atom stereocenters. The van der Waals surface area contributed by atoms with Crippen LogP contribution >= 0.6 is 0 Å². The van der Waals surface area contributed by atoms with Gasteiger partial charge in [-0.2, -0.15) is 0 Å². The Bertz CT molecular complexity index is 363. The van der Waals surface area contributed by atoms with Crippen molar-refractivity contribution in [1.82, 2.24) is 15.2 Å². The van der Waals surface area contributed by atoms with Crippen LogP contribution in [0.15, 0.2) is 4.63 Å². The van der Waals surface area contributed by atoms with Crippen molar-refractivity contribution in [3.8, 4) is 0 Å². The fourth-order valence-electron chi connectivity index (χ4n) is 1.38. The van der Waals surface area contributed by atoms with Crippen LogP contribution in [0.3, 0.4) is 0 Å². The Hall–Kier alpha value is -1.43. The fourth-order valence-corrected chi connectivity index (χ4v) is 1.38. The lowest BCUT2D eigenvalue weighted by Crippen LogP contribution is -2.36. The van der Waals surface area contributed by atoms with E-state index in [1.54, 1.807) is 6.92 Å². The first-order valence-electron chi connectivity index (χ1n) is 5.72. The molecule has 1 rings (SSSR count). The Morgan fingerprint density at radius 2 is 2.18 bits per heavy atom. The molecule has 0 fully saturated rings. The number of rotatable bonds is 6. The van der Waals surface area contributed by atoms with Gasteiger partial charge >= 0.3 is 5.97 Å². The van der Waals surface area contributed by atoms with Crippen molar-refractivity contribution in [2.45, 2.75) is 40.3 Å². The minimum absolute atomic E-state index is 0.218. The standard InChI is InChI=1S/C11H19N3O3/c1-5-16-11(15)7-14(8(2)3)6-10-9(4)12-17-13-10/h8H,5-7H2,1-4H3. The number of aryl methyl sites for hydroxylation is 1. The number of carbonyl (C=O) groups excluding carboxylic acids is 1. The molecule has 96 valence electrons. The molecule has 0 N–H and O–H groups in total. The van der Waals surface area contributed by atoms with Crippen LogP contribution in [0.5, 0.6) is 0 Å². The molecular weight excluding hydrogens is 222 g/mol. The largest absolute Gasteiger partial charge is 0.465 e. The molecule has 0 spiro atoms. The molecule has 0 aliphatic carbocycles. The molecule has 6 nitrogen and oxygen atoms in total. The number of carbonyl (C=O) groups is 1. The topological polar surface area (TPSA) is 68.5 Å². The van der Waals surface area contributed by atoms with E-state index in [4.69, 9.17) is 4.74 Å². The Balaban J connectivity index is 2.61. The molecule has 0 aromatic carbocycles. The maximum atomic E-state index is 11.4. The first kappa shape index (κ1) is 13.6. The first-order valence-corrected chi connectivity index (χ1v) is 5.72. The van der Waals surface area contributed by atoms with E-state index in [0.717, 1.165) is 11.4 Å². The van der Waals surface area contributed by atoms with Gasteiger partial charge in [0.15, 0.2) is 0 Å². The molecule has 0 radical (unpaired) electrons. The summed E-state index contributed by atoms with van der Waals surface area (Å²) in [5.74, 6) is -0.227. The summed E-state index contributed by atoms with van der Waals surface area (Å²) < 4.78 is 9.57. The van der Waals surface area contributed by atoms with Gasteiger partial charge in [0.1, 0.15) is 11.4 Å². The van der Waals surface area contributed by atoms with Gasteiger partial charge < -0.3 is 4.74 Å². The Labute approximate surface area is 101 Å². The van der Waals surface area contributed by atoms with E-state index >= 15 is 0 Å². The molecule has 0 unspecified atom stereocenters. The third kappa shape index (κ3) is 4.14. The highest BCUT2D eigenvalue weighted by Gasteiger charge is 2.18. The van der Waals surface area contributed by atoms with Crippen molar-refractivity contribution in [1.29, 1.82) is 0 Å². The van der Waals surface area contributed by atoms with Gasteiger partial charge in [-0.3, -0.25) is 9.69 Å². The number of nitrogens with zero attached hydrogens (tertiary/aromatic N) is 3. The summed E-state index contributed by atoms with van der Waals surface area (Å²) in [4.78, 5) is 13.4. The molecule has 0 saturated heterocycles. The normalized spacial score (nSPS) is 11.2. The highest BCUT2D eigenvalue weighted by atomic mass is 16.6. The van der Waals surface area contributed by atoms with E-state index in [-0.39, 0.29) is 18.6 Å². The molecule has 0 amide bonds. The predicted molar refractivity (Wildman–Crippen MR) is 61.2 cm³/mol. The maximum absolute atomic E-state index is 11.4. The zero-order valence-corrected chi connectivity index (χ0v) is 10.8. The molecule has 6 heteroatoms. The summed E-state index contributed by atoms with van der Waals surface area (Å²) in [5, 5.41) is 7.53. The number of hydrogen-bond donors (Lipinski definition) is 0. The van der Waals surface area contributed by atoms with E-state index in [0.29, 0.717) is 13.2 Å². The minimum atomic E-state index is -0.227. The van der Waals surface area contributed by atoms with Crippen LogP contribution in [-0.2, 0) is 16.1 Å². The van der Waals surface area contributed by atoms with E-state index in [2.05, 4.69) is 14.9 Å². The first-order chi connectivity index (χ1) is 8.04. The van der Waals surface area contributed by atoms with Gasteiger partial charge in [0, 0.05) is 12.6 Å². The molecule has 1 aromatic heterocycles. The average Bonchev–Trinajstić information content (AvgIpc) is 2.63. The van der Waals surface area contributed by atoms with Gasteiger partial charge in [-0.15, -0.1) is 0 Å². The molecule has 0 aliphatic heterocycles. The highest BCUT2D eigenvalue weighted by molar-refractivity contribution is 5.71. The van der Waals surface area contributed by atoms with E-state index < -0.39 is 0 Å². The van der Waals surface area contributed by atoms with Crippen LogP contribution < -0.4 is 0 Å². The summed E-state index contributed by atoms with van der Waals surface area (Å²) >= 11 is 0. The lowest BCUT2D eigenvalue weighted by molar-refractivity contribution is -0.145. The lowest BCUT2D eigenvalue weighted by atomic mass is 10.2. The highest BCUT2D eigenvalue weighted by Crippen LogP contribution is 2.08. The SMILES string of the molecule is CCOC(=O)CN(Cc1nonc1C)C(C)C. The number of aromatic nitrogens is 2. The van der Waals surface area contributed by atoms with Crippen LogP contribution in [0, 0.1) is 6.92 Å². The summed E-state index contributed by atoms with van der Waals surface area (Å²) in [6, 6.07) is 0.218. The minimum Gasteiger partial charge on any atom is -0.465 e. The van der Waals surface area contributed by atoms with Crippen molar-refractivity contribution in [2.24, 2.45) is 0 Å². The third-order valence-corrected chi connectivity index (χ3v) is 2.47. The predicted octanol–water partition coefficient (Wildman–Crippen LogP) is 1.15. The van der Waals surface area contributed by atoms with E-state index in [1.807, 2.05) is 25.7 Å². The molecule has 0 bridgehead atoms. The van der Waals surface area contributed by atoms with Gasteiger partial charge in [-0.1, -0.05) is 10.3 Å². The van der Waals surface area contributed by atoms with Gasteiger partial charge in [0.2, 0.25) is 0 Å². The molecule has 0 aliphatic rings. The summed E-state index contributed by atoms with van der Waals surface area (Å²) in [5.41, 5.74) is 1.50. The molecule has 1 heterocycles. The monoisotopic (exact) mass is 241 g/mol. The average molecular weight is 241 g/mol. The molecule has 0 saturated carbocycles. The van der Waals surface area contributed by atoms with Crippen LogP contribution in [0.2, 0.25) is 0 Å². The third-order valence-electron chi connectivity index (χ3n) is 2.47. The van der Waals surface area contributed by atoms with Crippen molar-refractivity contribution in [2.75, 3.05) is 13.2 Å². The van der Waals surface area contributed by atoms with Gasteiger partial charge in [0.05, 0.1) is 13.2 Å². The quantitative estimate of drug-likeness (QED) is 0.696. The van der Waals surface area contributed by atoms with E-state index in [9.17, 15) is 4.79 Å². The van der Waals surface area contributed by atoms with Gasteiger partial charge in [-0.05, 0) is 27.7 Å². The van der Waals surface area contributed by atoms with Crippen LogP contribution in [0.4, 0.5) is 0 Å². The van der Waals surface area contributed by atoms with E-state index in [1.165, 1.54) is 0 Å². The Kier molecular flexibility index (Phi) is 5.09. The number of esters is 1. The van der Waals surface area contributed by atoms with Gasteiger partial charge in [0.25, 0.3) is 0 Å². The van der Waals surface area contributed by atoms with Crippen LogP contribution in [-0.4, -0.2) is 40.4 Å². The van der Waals surface area contributed by atoms with Crippen LogP contribution in [0.25, 0.3) is 0 Å². The zero-order valence-electron chi connectivity index (χ0n) is 10.8. The summed E-state index contributed by atoms with van der Waals surface area (Å²) in [6.07, 6.45) is 0. The van der Waals surface area contributed by atoms with Crippen molar-refractivity contribution in [3.05, 3.63) is 11.4 Å².